The molecule has 0 saturated heterocycles. The summed E-state index contributed by atoms with van der Waals surface area (Å²) in [5.41, 5.74) is -0.135. The van der Waals surface area contributed by atoms with Crippen LogP contribution in [0.5, 0.6) is 11.5 Å². The highest BCUT2D eigenvalue weighted by Crippen LogP contribution is 2.34. The highest BCUT2D eigenvalue weighted by molar-refractivity contribution is 5.90. The monoisotopic (exact) mass is 309 g/mol. The van der Waals surface area contributed by atoms with E-state index in [4.69, 9.17) is 14.6 Å². The molecule has 0 fully saturated rings. The van der Waals surface area contributed by atoms with E-state index in [1.807, 2.05) is 0 Å². The van der Waals surface area contributed by atoms with Gasteiger partial charge in [-0.2, -0.15) is 0 Å². The fraction of sp³-hybridized carbons (Fsp3) is 0.500. The Kier molecular flexibility index (Phi) is 5.79. The number of hydrogen-bond donors (Lipinski definition) is 1. The van der Waals surface area contributed by atoms with Crippen molar-refractivity contribution in [3.8, 4) is 11.5 Å². The Hall–Kier alpha value is -2.24. The Balaban J connectivity index is 3.16. The number of carbonyl (C=O) groups excluding carboxylic acids is 1. The normalized spacial score (nSPS) is 11.0. The lowest BCUT2D eigenvalue weighted by Crippen LogP contribution is -2.45. The van der Waals surface area contributed by atoms with Crippen LogP contribution >= 0.6 is 0 Å². The van der Waals surface area contributed by atoms with Crippen molar-refractivity contribution in [1.29, 1.82) is 0 Å². The minimum Gasteiger partial charge on any atom is -0.493 e. The first kappa shape index (κ1) is 17.8. The average molecular weight is 309 g/mol. The van der Waals surface area contributed by atoms with Gasteiger partial charge in [0.15, 0.2) is 11.5 Å². The topological polar surface area (TPSA) is 76.1 Å². The van der Waals surface area contributed by atoms with Crippen LogP contribution in [0.3, 0.4) is 0 Å². The van der Waals surface area contributed by atoms with Crippen molar-refractivity contribution in [2.75, 3.05) is 27.3 Å². The molecule has 0 unspecified atom stereocenters. The number of carboxylic acids is 1. The molecule has 1 aromatic carbocycles. The number of rotatable bonds is 7. The molecule has 6 nitrogen and oxygen atoms in total. The molecule has 0 aliphatic rings. The third-order valence-corrected chi connectivity index (χ3v) is 3.63. The van der Waals surface area contributed by atoms with Crippen LogP contribution in [-0.2, 0) is 15.0 Å². The maximum Gasteiger partial charge on any atom is 0.323 e. The molecular formula is C16H23NO5. The second kappa shape index (κ2) is 7.15. The summed E-state index contributed by atoms with van der Waals surface area (Å²) in [7, 11) is 3.07. The molecule has 22 heavy (non-hydrogen) atoms. The van der Waals surface area contributed by atoms with Crippen LogP contribution in [-0.4, -0.2) is 49.2 Å². The predicted octanol–water partition coefficient (Wildman–Crippen LogP) is 1.91. The van der Waals surface area contributed by atoms with Gasteiger partial charge >= 0.3 is 5.97 Å². The van der Waals surface area contributed by atoms with Crippen molar-refractivity contribution in [2.24, 2.45) is 0 Å². The molecule has 1 rings (SSSR count). The highest BCUT2D eigenvalue weighted by Gasteiger charge is 2.34. The number of amides is 1. The number of nitrogens with zero attached hydrogens (tertiary/aromatic N) is 1. The molecule has 0 aliphatic carbocycles. The van der Waals surface area contributed by atoms with Gasteiger partial charge in [0.25, 0.3) is 0 Å². The fourth-order valence-electron chi connectivity index (χ4n) is 2.23. The second-order valence-electron chi connectivity index (χ2n) is 5.41. The van der Waals surface area contributed by atoms with Crippen molar-refractivity contribution in [3.63, 3.8) is 0 Å². The van der Waals surface area contributed by atoms with Gasteiger partial charge in [0.2, 0.25) is 5.91 Å². The molecular weight excluding hydrogens is 286 g/mol. The number of carbonyl (C=O) groups is 2. The van der Waals surface area contributed by atoms with Crippen LogP contribution in [0.2, 0.25) is 0 Å². The van der Waals surface area contributed by atoms with Gasteiger partial charge in [0.05, 0.1) is 19.6 Å². The van der Waals surface area contributed by atoms with E-state index < -0.39 is 11.4 Å². The number of aliphatic carboxylic acids is 1. The largest absolute Gasteiger partial charge is 0.493 e. The Morgan fingerprint density at radius 3 is 2.23 bits per heavy atom. The van der Waals surface area contributed by atoms with Crippen LogP contribution < -0.4 is 9.47 Å². The van der Waals surface area contributed by atoms with E-state index in [-0.39, 0.29) is 12.5 Å². The smallest absolute Gasteiger partial charge is 0.323 e. The third-order valence-electron chi connectivity index (χ3n) is 3.63. The number of likely N-dealkylation sites (N-methyl/N-ethyl adjacent to an activating group) is 1. The fourth-order valence-corrected chi connectivity index (χ4v) is 2.23. The molecule has 1 aromatic rings. The van der Waals surface area contributed by atoms with Crippen molar-refractivity contribution >= 4 is 11.9 Å². The number of hydrogen-bond acceptors (Lipinski definition) is 4. The molecule has 0 aliphatic heterocycles. The zero-order valence-electron chi connectivity index (χ0n) is 13.7. The van der Waals surface area contributed by atoms with Gasteiger partial charge in [-0.05, 0) is 38.5 Å². The van der Waals surface area contributed by atoms with Crippen LogP contribution in [0.15, 0.2) is 18.2 Å². The standard InChI is InChI=1S/C16H23NO5/c1-6-17(10-14(18)19)15(20)16(2,3)11-7-8-12(21-4)13(9-11)22-5/h7-9H,6,10H2,1-5H3,(H,18,19). The minimum atomic E-state index is -1.03. The molecule has 1 N–H and O–H groups in total. The van der Waals surface area contributed by atoms with Crippen molar-refractivity contribution in [3.05, 3.63) is 23.8 Å². The molecule has 0 spiro atoms. The van der Waals surface area contributed by atoms with Crippen LogP contribution in [0.4, 0.5) is 0 Å². The average Bonchev–Trinajstić information content (AvgIpc) is 2.50. The summed E-state index contributed by atoms with van der Waals surface area (Å²) in [5.74, 6) is -0.169. The quantitative estimate of drug-likeness (QED) is 0.832. The first-order chi connectivity index (χ1) is 10.3. The van der Waals surface area contributed by atoms with E-state index in [0.717, 1.165) is 5.56 Å². The SMILES string of the molecule is CCN(CC(=O)O)C(=O)C(C)(C)c1ccc(OC)c(OC)c1. The van der Waals surface area contributed by atoms with Crippen LogP contribution in [0.25, 0.3) is 0 Å². The Bertz CT molecular complexity index is 553. The third kappa shape index (κ3) is 3.69. The number of ether oxygens (including phenoxy) is 2. The van der Waals surface area contributed by atoms with Gasteiger partial charge in [0, 0.05) is 6.54 Å². The molecule has 0 saturated carbocycles. The minimum absolute atomic E-state index is 0.246. The zero-order chi connectivity index (χ0) is 16.9. The van der Waals surface area contributed by atoms with Gasteiger partial charge in [-0.15, -0.1) is 0 Å². The van der Waals surface area contributed by atoms with Gasteiger partial charge in [-0.1, -0.05) is 6.07 Å². The summed E-state index contributed by atoms with van der Waals surface area (Å²) in [6.45, 7) is 5.31. The highest BCUT2D eigenvalue weighted by atomic mass is 16.5. The zero-order valence-corrected chi connectivity index (χ0v) is 13.7. The van der Waals surface area contributed by atoms with Gasteiger partial charge in [-0.25, -0.2) is 0 Å². The van der Waals surface area contributed by atoms with Gasteiger partial charge < -0.3 is 19.5 Å². The molecule has 0 atom stereocenters. The molecule has 122 valence electrons. The van der Waals surface area contributed by atoms with E-state index >= 15 is 0 Å². The van der Waals surface area contributed by atoms with E-state index in [1.165, 1.54) is 12.0 Å². The molecule has 0 bridgehead atoms. The number of methoxy groups -OCH3 is 2. The van der Waals surface area contributed by atoms with Crippen LogP contribution in [0.1, 0.15) is 26.3 Å². The lowest BCUT2D eigenvalue weighted by Gasteiger charge is -2.31. The van der Waals surface area contributed by atoms with Gasteiger partial charge in [0.1, 0.15) is 6.54 Å². The first-order valence-electron chi connectivity index (χ1n) is 7.01. The Labute approximate surface area is 130 Å². The Morgan fingerprint density at radius 2 is 1.77 bits per heavy atom. The van der Waals surface area contributed by atoms with Gasteiger partial charge in [-0.3, -0.25) is 9.59 Å². The lowest BCUT2D eigenvalue weighted by molar-refractivity contribution is -0.146. The second-order valence-corrected chi connectivity index (χ2v) is 5.41. The predicted molar refractivity (Wildman–Crippen MR) is 82.5 cm³/mol. The van der Waals surface area contributed by atoms with E-state index in [1.54, 1.807) is 46.1 Å². The maximum absolute atomic E-state index is 12.7. The van der Waals surface area contributed by atoms with Crippen LogP contribution in [0, 0.1) is 0 Å². The summed E-state index contributed by atoms with van der Waals surface area (Å²) >= 11 is 0. The summed E-state index contributed by atoms with van der Waals surface area (Å²) in [4.78, 5) is 24.9. The summed E-state index contributed by atoms with van der Waals surface area (Å²) in [6, 6.07) is 5.26. The number of carboxylic acid groups (broad SMARTS) is 1. The lowest BCUT2D eigenvalue weighted by atomic mass is 9.83. The van der Waals surface area contributed by atoms with E-state index in [2.05, 4.69) is 0 Å². The Morgan fingerprint density at radius 1 is 1.18 bits per heavy atom. The molecule has 0 radical (unpaired) electrons. The summed E-state index contributed by atoms with van der Waals surface area (Å²) in [5, 5.41) is 8.92. The first-order valence-corrected chi connectivity index (χ1v) is 7.01. The van der Waals surface area contributed by atoms with E-state index in [0.29, 0.717) is 18.0 Å². The molecule has 0 heterocycles. The van der Waals surface area contributed by atoms with E-state index in [9.17, 15) is 9.59 Å². The summed E-state index contributed by atoms with van der Waals surface area (Å²) < 4.78 is 10.4. The maximum atomic E-state index is 12.7. The molecule has 0 aromatic heterocycles. The molecule has 6 heteroatoms. The van der Waals surface area contributed by atoms with Crippen molar-refractivity contribution < 1.29 is 24.2 Å². The van der Waals surface area contributed by atoms with Crippen molar-refractivity contribution in [1.82, 2.24) is 4.90 Å². The molecule has 1 amide bonds. The summed E-state index contributed by atoms with van der Waals surface area (Å²) in [6.07, 6.45) is 0. The van der Waals surface area contributed by atoms with Crippen molar-refractivity contribution in [2.45, 2.75) is 26.2 Å². The number of benzene rings is 1.